The summed E-state index contributed by atoms with van der Waals surface area (Å²) in [4.78, 5) is 12.3. The highest BCUT2D eigenvalue weighted by molar-refractivity contribution is 6.30. The van der Waals surface area contributed by atoms with Gasteiger partial charge in [0.25, 0.3) is 5.91 Å². The topological polar surface area (TPSA) is 38.3 Å². The van der Waals surface area contributed by atoms with Crippen LogP contribution in [0.4, 0.5) is 0 Å². The van der Waals surface area contributed by atoms with Crippen LogP contribution >= 0.6 is 11.6 Å². The van der Waals surface area contributed by atoms with Crippen LogP contribution in [0.5, 0.6) is 5.75 Å². The van der Waals surface area contributed by atoms with Crippen LogP contribution in [0.15, 0.2) is 42.5 Å². The molecule has 0 aliphatic carbocycles. The maximum absolute atomic E-state index is 12.3. The molecule has 4 heteroatoms. The van der Waals surface area contributed by atoms with Gasteiger partial charge in [-0.3, -0.25) is 4.79 Å². The number of halogens is 1. The van der Waals surface area contributed by atoms with Crippen molar-refractivity contribution in [3.05, 3.63) is 64.2 Å². The molecule has 0 bridgehead atoms. The molecule has 2 aromatic rings. The molecule has 0 saturated carbocycles. The predicted octanol–water partition coefficient (Wildman–Crippen LogP) is 4.43. The number of rotatable bonds is 6. The summed E-state index contributed by atoms with van der Waals surface area (Å²) < 4.78 is 5.84. The Morgan fingerprint density at radius 1 is 1.13 bits per heavy atom. The summed E-state index contributed by atoms with van der Waals surface area (Å²) in [6.45, 7) is 6.48. The van der Waals surface area contributed by atoms with E-state index < -0.39 is 6.10 Å². The van der Waals surface area contributed by atoms with Gasteiger partial charge in [0.15, 0.2) is 6.10 Å². The number of aryl methyl sites for hydroxylation is 2. The molecule has 3 nitrogen and oxygen atoms in total. The van der Waals surface area contributed by atoms with Gasteiger partial charge in [0.2, 0.25) is 0 Å². The molecule has 2 rings (SSSR count). The van der Waals surface area contributed by atoms with Gasteiger partial charge in [-0.15, -0.1) is 0 Å². The second-order valence-electron chi connectivity index (χ2n) is 5.61. The molecule has 0 heterocycles. The van der Waals surface area contributed by atoms with Crippen molar-refractivity contribution in [2.24, 2.45) is 0 Å². The molecule has 122 valence electrons. The van der Waals surface area contributed by atoms with Crippen LogP contribution < -0.4 is 10.1 Å². The van der Waals surface area contributed by atoms with Gasteiger partial charge in [0.05, 0.1) is 0 Å². The molecule has 1 unspecified atom stereocenters. The summed E-state index contributed by atoms with van der Waals surface area (Å²) in [6.07, 6.45) is 0.115. The van der Waals surface area contributed by atoms with Gasteiger partial charge >= 0.3 is 0 Å². The van der Waals surface area contributed by atoms with E-state index in [1.807, 2.05) is 56.3 Å². The monoisotopic (exact) mass is 331 g/mol. The molecule has 0 saturated heterocycles. The lowest BCUT2D eigenvalue weighted by atomic mass is 10.1. The first kappa shape index (κ1) is 17.4. The summed E-state index contributed by atoms with van der Waals surface area (Å²) in [7, 11) is 0. The first-order valence-electron chi connectivity index (χ1n) is 7.75. The highest BCUT2D eigenvalue weighted by Crippen LogP contribution is 2.18. The van der Waals surface area contributed by atoms with Gasteiger partial charge < -0.3 is 10.1 Å². The lowest BCUT2D eigenvalue weighted by Gasteiger charge is -2.18. The van der Waals surface area contributed by atoms with Crippen LogP contribution in [0.25, 0.3) is 0 Å². The molecule has 0 spiro atoms. The van der Waals surface area contributed by atoms with Gasteiger partial charge in [-0.2, -0.15) is 0 Å². The molecule has 2 aromatic carbocycles. The number of hydrogen-bond donors (Lipinski definition) is 1. The number of amides is 1. The van der Waals surface area contributed by atoms with Crippen LogP contribution in [-0.2, 0) is 11.3 Å². The second kappa shape index (κ2) is 8.02. The highest BCUT2D eigenvalue weighted by atomic mass is 35.5. The molecule has 23 heavy (non-hydrogen) atoms. The number of ether oxygens (including phenoxy) is 1. The highest BCUT2D eigenvalue weighted by Gasteiger charge is 2.18. The van der Waals surface area contributed by atoms with Crippen LogP contribution in [0.1, 0.15) is 30.0 Å². The van der Waals surface area contributed by atoms with Gasteiger partial charge in [0, 0.05) is 11.6 Å². The van der Waals surface area contributed by atoms with E-state index in [4.69, 9.17) is 16.3 Å². The maximum Gasteiger partial charge on any atom is 0.261 e. The minimum atomic E-state index is -0.496. The van der Waals surface area contributed by atoms with Gasteiger partial charge in [-0.05, 0) is 61.2 Å². The lowest BCUT2D eigenvalue weighted by molar-refractivity contribution is -0.128. The van der Waals surface area contributed by atoms with E-state index in [0.717, 1.165) is 16.9 Å². The Morgan fingerprint density at radius 3 is 2.43 bits per heavy atom. The lowest BCUT2D eigenvalue weighted by Crippen LogP contribution is -2.37. The summed E-state index contributed by atoms with van der Waals surface area (Å²) >= 11 is 5.85. The number of hydrogen-bond acceptors (Lipinski definition) is 2. The average Bonchev–Trinajstić information content (AvgIpc) is 2.55. The van der Waals surface area contributed by atoms with E-state index >= 15 is 0 Å². The Bertz CT molecular complexity index is 668. The number of carbonyl (C=O) groups is 1. The second-order valence-corrected chi connectivity index (χ2v) is 6.04. The number of benzene rings is 2. The predicted molar refractivity (Wildman–Crippen MR) is 93.9 cm³/mol. The third kappa shape index (κ3) is 5.00. The molecule has 0 aliphatic rings. The molecular weight excluding hydrogens is 310 g/mol. The Kier molecular flexibility index (Phi) is 6.05. The van der Waals surface area contributed by atoms with Crippen molar-refractivity contribution in [1.29, 1.82) is 0 Å². The fourth-order valence-electron chi connectivity index (χ4n) is 2.18. The number of nitrogens with one attached hydrogen (secondary N) is 1. The molecule has 1 N–H and O–H groups in total. The standard InChI is InChI=1S/C19H22ClNO2/c1-4-18(23-17-10-5-13(2)14(3)11-17)19(22)21-12-15-6-8-16(20)9-7-15/h5-11,18H,4,12H2,1-3H3,(H,21,22). The van der Waals surface area contributed by atoms with E-state index in [1.165, 1.54) is 5.56 Å². The van der Waals surface area contributed by atoms with Crippen LogP contribution in [0.2, 0.25) is 5.02 Å². The van der Waals surface area contributed by atoms with Crippen molar-refractivity contribution in [2.45, 2.75) is 39.8 Å². The normalized spacial score (nSPS) is 11.8. The van der Waals surface area contributed by atoms with Crippen molar-refractivity contribution in [3.8, 4) is 5.75 Å². The number of carbonyl (C=O) groups excluding carboxylic acids is 1. The van der Waals surface area contributed by atoms with E-state index in [2.05, 4.69) is 12.2 Å². The minimum absolute atomic E-state index is 0.110. The quantitative estimate of drug-likeness (QED) is 0.850. The van der Waals surface area contributed by atoms with Crippen molar-refractivity contribution in [3.63, 3.8) is 0 Å². The molecule has 0 aromatic heterocycles. The van der Waals surface area contributed by atoms with Gasteiger partial charge in [0.1, 0.15) is 5.75 Å². The Labute approximate surface area is 142 Å². The van der Waals surface area contributed by atoms with Gasteiger partial charge in [-0.25, -0.2) is 0 Å². The molecule has 0 aliphatic heterocycles. The fraction of sp³-hybridized carbons (Fsp3) is 0.316. The van der Waals surface area contributed by atoms with E-state index in [0.29, 0.717) is 18.0 Å². The minimum Gasteiger partial charge on any atom is -0.481 e. The average molecular weight is 332 g/mol. The fourth-order valence-corrected chi connectivity index (χ4v) is 2.30. The third-order valence-electron chi connectivity index (χ3n) is 3.80. The Balaban J connectivity index is 1.95. The zero-order valence-corrected chi connectivity index (χ0v) is 14.5. The molecule has 0 radical (unpaired) electrons. The van der Waals surface area contributed by atoms with E-state index in [1.54, 1.807) is 0 Å². The summed E-state index contributed by atoms with van der Waals surface area (Å²) in [6, 6.07) is 13.3. The molecule has 1 atom stereocenters. The molecular formula is C19H22ClNO2. The van der Waals surface area contributed by atoms with Crippen LogP contribution in [0, 0.1) is 13.8 Å². The van der Waals surface area contributed by atoms with Crippen molar-refractivity contribution >= 4 is 17.5 Å². The zero-order chi connectivity index (χ0) is 16.8. The van der Waals surface area contributed by atoms with Crippen molar-refractivity contribution in [2.75, 3.05) is 0 Å². The maximum atomic E-state index is 12.3. The Morgan fingerprint density at radius 2 is 1.83 bits per heavy atom. The van der Waals surface area contributed by atoms with Crippen LogP contribution in [-0.4, -0.2) is 12.0 Å². The van der Waals surface area contributed by atoms with Crippen molar-refractivity contribution < 1.29 is 9.53 Å². The third-order valence-corrected chi connectivity index (χ3v) is 4.05. The largest absolute Gasteiger partial charge is 0.481 e. The molecule has 0 fully saturated rings. The molecule has 1 amide bonds. The zero-order valence-electron chi connectivity index (χ0n) is 13.7. The van der Waals surface area contributed by atoms with Crippen LogP contribution in [0.3, 0.4) is 0 Å². The SMILES string of the molecule is CCC(Oc1ccc(C)c(C)c1)C(=O)NCc1ccc(Cl)cc1. The van der Waals surface area contributed by atoms with E-state index in [-0.39, 0.29) is 5.91 Å². The smallest absolute Gasteiger partial charge is 0.261 e. The summed E-state index contributed by atoms with van der Waals surface area (Å²) in [5.41, 5.74) is 3.36. The van der Waals surface area contributed by atoms with Gasteiger partial charge in [-0.1, -0.05) is 36.7 Å². The van der Waals surface area contributed by atoms with E-state index in [9.17, 15) is 4.79 Å². The first-order chi connectivity index (χ1) is 11.0. The Hall–Kier alpha value is -2.00. The first-order valence-corrected chi connectivity index (χ1v) is 8.13. The summed E-state index contributed by atoms with van der Waals surface area (Å²) in [5.74, 6) is 0.613. The van der Waals surface area contributed by atoms with Crippen molar-refractivity contribution in [1.82, 2.24) is 5.32 Å². The summed E-state index contributed by atoms with van der Waals surface area (Å²) in [5, 5.41) is 3.59.